The molecule has 0 fully saturated rings. The molecule has 2 aromatic carbocycles. The number of para-hydroxylation sites is 1. The molecule has 8 heteroatoms. The van der Waals surface area contributed by atoms with E-state index in [0.29, 0.717) is 22.0 Å². The number of rotatable bonds is 5. The van der Waals surface area contributed by atoms with Gasteiger partial charge < -0.3 is 10.4 Å². The van der Waals surface area contributed by atoms with E-state index < -0.39 is 5.91 Å². The Morgan fingerprint density at radius 2 is 1.85 bits per heavy atom. The number of aromatic hydroxyl groups is 1. The molecule has 3 N–H and O–H groups in total. The molecule has 0 aromatic heterocycles. The van der Waals surface area contributed by atoms with Crippen LogP contribution in [0.5, 0.6) is 5.75 Å². The van der Waals surface area contributed by atoms with Gasteiger partial charge in [0.25, 0.3) is 5.91 Å². The van der Waals surface area contributed by atoms with Gasteiger partial charge in [-0.25, -0.2) is 5.43 Å². The van der Waals surface area contributed by atoms with E-state index >= 15 is 0 Å². The SMILES string of the molecule is CC(CC(=O)Nc1cccc(Cl)c1Cl)=NNC(=O)c1cccc(C)c1O. The fraction of sp³-hybridized carbons (Fsp3) is 0.167. The first-order chi connectivity index (χ1) is 12.3. The predicted molar refractivity (Wildman–Crippen MR) is 103 cm³/mol. The Kier molecular flexibility index (Phi) is 6.60. The molecule has 0 atom stereocenters. The van der Waals surface area contributed by atoms with Crippen LogP contribution in [-0.2, 0) is 4.79 Å². The van der Waals surface area contributed by atoms with Crippen LogP contribution in [0.15, 0.2) is 41.5 Å². The molecular formula is C18H17Cl2N3O3. The molecule has 0 spiro atoms. The number of benzene rings is 2. The minimum atomic E-state index is -0.566. The Bertz CT molecular complexity index is 882. The average Bonchev–Trinajstić information content (AvgIpc) is 2.59. The van der Waals surface area contributed by atoms with E-state index in [4.69, 9.17) is 23.2 Å². The van der Waals surface area contributed by atoms with E-state index in [1.807, 2.05) is 0 Å². The van der Waals surface area contributed by atoms with Gasteiger partial charge in [-0.1, -0.05) is 41.4 Å². The van der Waals surface area contributed by atoms with E-state index in [-0.39, 0.29) is 28.7 Å². The Balaban J connectivity index is 1.97. The zero-order valence-corrected chi connectivity index (χ0v) is 15.6. The zero-order valence-electron chi connectivity index (χ0n) is 14.1. The molecule has 0 bridgehead atoms. The molecule has 136 valence electrons. The lowest BCUT2D eigenvalue weighted by Crippen LogP contribution is -2.21. The van der Waals surface area contributed by atoms with E-state index in [2.05, 4.69) is 15.8 Å². The van der Waals surface area contributed by atoms with E-state index in [1.165, 1.54) is 6.07 Å². The summed E-state index contributed by atoms with van der Waals surface area (Å²) in [7, 11) is 0. The fourth-order valence-electron chi connectivity index (χ4n) is 2.12. The monoisotopic (exact) mass is 393 g/mol. The van der Waals surface area contributed by atoms with Gasteiger partial charge in [0, 0.05) is 5.71 Å². The lowest BCUT2D eigenvalue weighted by Gasteiger charge is -2.08. The number of phenols is 1. The van der Waals surface area contributed by atoms with Crippen LogP contribution in [-0.4, -0.2) is 22.6 Å². The van der Waals surface area contributed by atoms with Gasteiger partial charge in [-0.3, -0.25) is 9.59 Å². The number of amides is 2. The maximum absolute atomic E-state index is 12.1. The molecule has 0 aliphatic carbocycles. The molecule has 0 unspecified atom stereocenters. The van der Waals surface area contributed by atoms with Crippen molar-refractivity contribution in [2.75, 3.05) is 5.32 Å². The van der Waals surface area contributed by atoms with E-state index in [0.717, 1.165) is 0 Å². The van der Waals surface area contributed by atoms with Crippen molar-refractivity contribution in [1.82, 2.24) is 5.43 Å². The minimum absolute atomic E-state index is 0.0527. The molecule has 0 saturated heterocycles. The number of hydrogen-bond donors (Lipinski definition) is 3. The average molecular weight is 394 g/mol. The second-order valence-electron chi connectivity index (χ2n) is 5.59. The summed E-state index contributed by atoms with van der Waals surface area (Å²) in [5.41, 5.74) is 3.78. The number of phenolic OH excluding ortho intramolecular Hbond substituents is 1. The summed E-state index contributed by atoms with van der Waals surface area (Å²) in [6.07, 6.45) is -0.0527. The summed E-state index contributed by atoms with van der Waals surface area (Å²) < 4.78 is 0. The molecule has 2 rings (SSSR count). The topological polar surface area (TPSA) is 90.8 Å². The van der Waals surface area contributed by atoms with Gasteiger partial charge in [0.1, 0.15) is 5.75 Å². The van der Waals surface area contributed by atoms with Crippen molar-refractivity contribution in [2.45, 2.75) is 20.3 Å². The number of carbonyl (C=O) groups excluding carboxylic acids is 2. The number of nitrogens with zero attached hydrogens (tertiary/aromatic N) is 1. The van der Waals surface area contributed by atoms with Crippen molar-refractivity contribution in [1.29, 1.82) is 0 Å². The Morgan fingerprint density at radius 1 is 1.15 bits per heavy atom. The fourth-order valence-corrected chi connectivity index (χ4v) is 2.46. The highest BCUT2D eigenvalue weighted by molar-refractivity contribution is 6.44. The number of halogens is 2. The summed E-state index contributed by atoms with van der Waals surface area (Å²) in [6.45, 7) is 3.28. The second-order valence-corrected chi connectivity index (χ2v) is 6.37. The van der Waals surface area contributed by atoms with Gasteiger partial charge in [-0.15, -0.1) is 0 Å². The molecule has 2 aromatic rings. The third kappa shape index (κ3) is 4.97. The Morgan fingerprint density at radius 3 is 2.58 bits per heavy atom. The van der Waals surface area contributed by atoms with Gasteiger partial charge in [0.2, 0.25) is 5.91 Å². The summed E-state index contributed by atoms with van der Waals surface area (Å²) in [4.78, 5) is 24.1. The molecule has 0 aliphatic heterocycles. The van der Waals surface area contributed by atoms with Crippen LogP contribution in [0, 0.1) is 6.92 Å². The molecule has 2 amide bonds. The van der Waals surface area contributed by atoms with Gasteiger partial charge in [0.15, 0.2) is 0 Å². The first-order valence-electron chi connectivity index (χ1n) is 7.65. The molecule has 0 heterocycles. The number of nitrogens with one attached hydrogen (secondary N) is 2. The predicted octanol–water partition coefficient (Wildman–Crippen LogP) is 4.14. The maximum Gasteiger partial charge on any atom is 0.275 e. The van der Waals surface area contributed by atoms with Crippen LogP contribution in [0.2, 0.25) is 10.0 Å². The van der Waals surface area contributed by atoms with Crippen molar-refractivity contribution < 1.29 is 14.7 Å². The Labute approximate surface area is 160 Å². The number of carbonyl (C=O) groups is 2. The highest BCUT2D eigenvalue weighted by atomic mass is 35.5. The largest absolute Gasteiger partial charge is 0.507 e. The van der Waals surface area contributed by atoms with Crippen molar-refractivity contribution in [3.05, 3.63) is 57.6 Å². The first-order valence-corrected chi connectivity index (χ1v) is 8.41. The van der Waals surface area contributed by atoms with Crippen molar-refractivity contribution in [3.8, 4) is 5.75 Å². The molecule has 0 saturated carbocycles. The summed E-state index contributed by atoms with van der Waals surface area (Å²) in [5.74, 6) is -1.03. The van der Waals surface area contributed by atoms with Crippen LogP contribution in [0.25, 0.3) is 0 Å². The molecule has 26 heavy (non-hydrogen) atoms. The summed E-state index contributed by atoms with van der Waals surface area (Å²) in [5, 5.41) is 17.0. The smallest absolute Gasteiger partial charge is 0.275 e. The standard InChI is InChI=1S/C18H17Cl2N3O3/c1-10-5-3-6-12(17(10)25)18(26)23-22-11(2)9-15(24)21-14-8-4-7-13(19)16(14)20/h3-8,25H,9H2,1-2H3,(H,21,24)(H,23,26). The van der Waals surface area contributed by atoms with E-state index in [1.54, 1.807) is 44.2 Å². The maximum atomic E-state index is 12.1. The summed E-state index contributed by atoms with van der Waals surface area (Å²) >= 11 is 11.9. The number of anilines is 1. The lowest BCUT2D eigenvalue weighted by molar-refractivity contribution is -0.115. The van der Waals surface area contributed by atoms with E-state index in [9.17, 15) is 14.7 Å². The third-order valence-corrected chi connectivity index (χ3v) is 4.29. The third-order valence-electron chi connectivity index (χ3n) is 3.47. The zero-order chi connectivity index (χ0) is 19.3. The lowest BCUT2D eigenvalue weighted by atomic mass is 10.1. The highest BCUT2D eigenvalue weighted by Gasteiger charge is 2.13. The summed E-state index contributed by atoms with van der Waals surface area (Å²) in [6, 6.07) is 9.73. The molecule has 0 aliphatic rings. The van der Waals surface area contributed by atoms with Crippen LogP contribution in [0.3, 0.4) is 0 Å². The van der Waals surface area contributed by atoms with Gasteiger partial charge >= 0.3 is 0 Å². The van der Waals surface area contributed by atoms with Crippen LogP contribution < -0.4 is 10.7 Å². The Hall–Kier alpha value is -2.57. The minimum Gasteiger partial charge on any atom is -0.507 e. The number of aryl methyl sites for hydroxylation is 1. The highest BCUT2D eigenvalue weighted by Crippen LogP contribution is 2.29. The van der Waals surface area contributed by atoms with Gasteiger partial charge in [-0.2, -0.15) is 5.10 Å². The first kappa shape index (κ1) is 19.8. The van der Waals surface area contributed by atoms with Crippen LogP contribution in [0.4, 0.5) is 5.69 Å². The van der Waals surface area contributed by atoms with Gasteiger partial charge in [-0.05, 0) is 37.6 Å². The number of hydrazone groups is 1. The van der Waals surface area contributed by atoms with Crippen LogP contribution >= 0.6 is 23.2 Å². The molecule has 6 nitrogen and oxygen atoms in total. The van der Waals surface area contributed by atoms with Crippen molar-refractivity contribution in [3.63, 3.8) is 0 Å². The molecular weight excluding hydrogens is 377 g/mol. The van der Waals surface area contributed by atoms with Crippen molar-refractivity contribution in [2.24, 2.45) is 5.10 Å². The normalized spacial score (nSPS) is 11.2. The van der Waals surface area contributed by atoms with Gasteiger partial charge in [0.05, 0.1) is 27.7 Å². The quantitative estimate of drug-likeness (QED) is 0.526. The number of hydrogen-bond acceptors (Lipinski definition) is 4. The van der Waals surface area contributed by atoms with Crippen LogP contribution in [0.1, 0.15) is 29.3 Å². The van der Waals surface area contributed by atoms with Crippen molar-refractivity contribution >= 4 is 46.4 Å². The second kappa shape index (κ2) is 8.69. The molecule has 0 radical (unpaired) electrons.